The van der Waals surface area contributed by atoms with E-state index >= 15 is 0 Å². The van der Waals surface area contributed by atoms with Crippen LogP contribution in [0.2, 0.25) is 0 Å². The lowest BCUT2D eigenvalue weighted by molar-refractivity contribution is -0.136. The molecule has 1 aromatic carbocycles. The number of hydrogen-bond donors (Lipinski definition) is 2. The molecule has 0 bridgehead atoms. The molecule has 0 saturated heterocycles. The van der Waals surface area contributed by atoms with Gasteiger partial charge in [-0.25, -0.2) is 8.42 Å². The summed E-state index contributed by atoms with van der Waals surface area (Å²) in [5, 5.41) is 9.92. The summed E-state index contributed by atoms with van der Waals surface area (Å²) in [6.07, 6.45) is -0.174. The zero-order chi connectivity index (χ0) is 15.3. The number of rotatable bonds is 6. The Morgan fingerprint density at radius 2 is 1.80 bits per heavy atom. The van der Waals surface area contributed by atoms with Crippen molar-refractivity contribution in [2.24, 2.45) is 0 Å². The van der Waals surface area contributed by atoms with Crippen molar-refractivity contribution in [3.63, 3.8) is 0 Å². The summed E-state index contributed by atoms with van der Waals surface area (Å²) in [7, 11) is -3.77. The molecular formula is C13H17NO5S. The van der Waals surface area contributed by atoms with E-state index in [1.165, 1.54) is 31.2 Å². The van der Waals surface area contributed by atoms with Gasteiger partial charge in [0.05, 0.1) is 11.3 Å². The molecule has 20 heavy (non-hydrogen) atoms. The maximum Gasteiger partial charge on any atom is 0.307 e. The molecule has 1 atom stereocenters. The summed E-state index contributed by atoms with van der Waals surface area (Å²) >= 11 is 0. The summed E-state index contributed by atoms with van der Waals surface area (Å²) in [5.74, 6) is -1.54. The van der Waals surface area contributed by atoms with Gasteiger partial charge in [0.25, 0.3) is 0 Å². The molecule has 0 heterocycles. The highest BCUT2D eigenvalue weighted by Gasteiger charge is 2.29. The summed E-state index contributed by atoms with van der Waals surface area (Å²) in [6.45, 7) is 3.39. The molecule has 6 nitrogen and oxygen atoms in total. The maximum atomic E-state index is 12.2. The van der Waals surface area contributed by atoms with Crippen LogP contribution in [-0.2, 0) is 25.8 Å². The molecule has 110 valence electrons. The minimum atomic E-state index is -3.77. The Balaban J connectivity index is 2.98. The molecule has 0 aliphatic carbocycles. The fraction of sp³-hybridized carbons (Fsp3) is 0.385. The van der Waals surface area contributed by atoms with Crippen LogP contribution in [0, 0.1) is 0 Å². The van der Waals surface area contributed by atoms with E-state index in [0.29, 0.717) is 12.1 Å². The van der Waals surface area contributed by atoms with Gasteiger partial charge in [0.2, 0.25) is 5.91 Å². The lowest BCUT2D eigenvalue weighted by atomic mass is 10.2. The Hall–Kier alpha value is -1.89. The number of sulfone groups is 1. The molecule has 1 aromatic rings. The second kappa shape index (κ2) is 6.51. The first-order chi connectivity index (χ1) is 9.28. The van der Waals surface area contributed by atoms with Crippen molar-refractivity contribution in [2.75, 3.05) is 6.54 Å². The lowest BCUT2D eigenvalue weighted by Gasteiger charge is -2.12. The average molecular weight is 299 g/mol. The van der Waals surface area contributed by atoms with Crippen molar-refractivity contribution in [1.82, 2.24) is 5.32 Å². The van der Waals surface area contributed by atoms with Gasteiger partial charge < -0.3 is 10.4 Å². The van der Waals surface area contributed by atoms with Crippen LogP contribution in [0.4, 0.5) is 0 Å². The van der Waals surface area contributed by atoms with Gasteiger partial charge in [0.15, 0.2) is 9.84 Å². The molecule has 1 rings (SSSR count). The first-order valence-electron chi connectivity index (χ1n) is 6.11. The number of aliphatic carboxylic acids is 1. The van der Waals surface area contributed by atoms with Crippen LogP contribution in [0.25, 0.3) is 0 Å². The van der Waals surface area contributed by atoms with E-state index in [2.05, 4.69) is 5.32 Å². The largest absolute Gasteiger partial charge is 0.481 e. The van der Waals surface area contributed by atoms with Crippen molar-refractivity contribution in [1.29, 1.82) is 0 Å². The fourth-order valence-corrected chi connectivity index (χ4v) is 2.92. The molecule has 1 unspecified atom stereocenters. The quantitative estimate of drug-likeness (QED) is 0.801. The van der Waals surface area contributed by atoms with E-state index in [9.17, 15) is 18.0 Å². The molecule has 0 spiro atoms. The number of carboxylic acid groups (broad SMARTS) is 1. The van der Waals surface area contributed by atoms with Crippen LogP contribution in [-0.4, -0.2) is 37.2 Å². The Morgan fingerprint density at radius 3 is 2.25 bits per heavy atom. The third-order valence-electron chi connectivity index (χ3n) is 2.79. The Kier molecular flexibility index (Phi) is 5.26. The molecule has 0 aliphatic heterocycles. The predicted molar refractivity (Wildman–Crippen MR) is 73.1 cm³/mol. The SMILES string of the molecule is CCNC(=O)C(C)S(=O)(=O)c1ccc(CC(=O)O)cc1. The van der Waals surface area contributed by atoms with Gasteiger partial charge in [-0.05, 0) is 31.5 Å². The molecule has 0 aromatic heterocycles. The van der Waals surface area contributed by atoms with Crippen molar-refractivity contribution in [3.8, 4) is 0 Å². The van der Waals surface area contributed by atoms with Crippen LogP contribution in [0.3, 0.4) is 0 Å². The maximum absolute atomic E-state index is 12.2. The van der Waals surface area contributed by atoms with E-state index in [4.69, 9.17) is 5.11 Å². The minimum Gasteiger partial charge on any atom is -0.481 e. The summed E-state index contributed by atoms with van der Waals surface area (Å²) in [6, 6.07) is 5.52. The summed E-state index contributed by atoms with van der Waals surface area (Å²) < 4.78 is 24.4. The van der Waals surface area contributed by atoms with Crippen molar-refractivity contribution in [2.45, 2.75) is 30.4 Å². The van der Waals surface area contributed by atoms with Gasteiger partial charge in [-0.1, -0.05) is 12.1 Å². The van der Waals surface area contributed by atoms with Crippen LogP contribution < -0.4 is 5.32 Å². The van der Waals surface area contributed by atoms with Gasteiger partial charge in [0.1, 0.15) is 5.25 Å². The number of hydrogen-bond acceptors (Lipinski definition) is 4. The molecule has 1 amide bonds. The lowest BCUT2D eigenvalue weighted by Crippen LogP contribution is -2.37. The van der Waals surface area contributed by atoms with Crippen molar-refractivity contribution in [3.05, 3.63) is 29.8 Å². The van der Waals surface area contributed by atoms with Crippen LogP contribution in [0.1, 0.15) is 19.4 Å². The summed E-state index contributed by atoms with van der Waals surface area (Å²) in [4.78, 5) is 22.2. The Labute approximate surface area is 117 Å². The standard InChI is InChI=1S/C13H17NO5S/c1-3-14-13(17)9(2)20(18,19)11-6-4-10(5-7-11)8-12(15)16/h4-7,9H,3,8H2,1-2H3,(H,14,17)(H,15,16). The third-order valence-corrected chi connectivity index (χ3v) is 4.87. The zero-order valence-electron chi connectivity index (χ0n) is 11.3. The molecular weight excluding hydrogens is 282 g/mol. The molecule has 0 aliphatic rings. The topological polar surface area (TPSA) is 101 Å². The van der Waals surface area contributed by atoms with E-state index in [-0.39, 0.29) is 11.3 Å². The molecule has 0 radical (unpaired) electrons. The first-order valence-corrected chi connectivity index (χ1v) is 7.66. The molecule has 0 saturated carbocycles. The van der Waals surface area contributed by atoms with Gasteiger partial charge >= 0.3 is 5.97 Å². The van der Waals surface area contributed by atoms with Gasteiger partial charge in [-0.3, -0.25) is 9.59 Å². The normalized spacial score (nSPS) is 12.7. The highest BCUT2D eigenvalue weighted by molar-refractivity contribution is 7.92. The Morgan fingerprint density at radius 1 is 1.25 bits per heavy atom. The van der Waals surface area contributed by atoms with Crippen molar-refractivity contribution < 1.29 is 23.1 Å². The van der Waals surface area contributed by atoms with Crippen LogP contribution >= 0.6 is 0 Å². The predicted octanol–water partition coefficient (Wildman–Crippen LogP) is 0.612. The zero-order valence-corrected chi connectivity index (χ0v) is 12.1. The second-order valence-corrected chi connectivity index (χ2v) is 6.56. The van der Waals surface area contributed by atoms with E-state index < -0.39 is 27.0 Å². The smallest absolute Gasteiger partial charge is 0.307 e. The number of carbonyl (C=O) groups is 2. The van der Waals surface area contributed by atoms with E-state index in [1.54, 1.807) is 6.92 Å². The van der Waals surface area contributed by atoms with Crippen LogP contribution in [0.5, 0.6) is 0 Å². The molecule has 2 N–H and O–H groups in total. The number of carboxylic acids is 1. The monoisotopic (exact) mass is 299 g/mol. The highest BCUT2D eigenvalue weighted by Crippen LogP contribution is 2.17. The van der Waals surface area contributed by atoms with Crippen LogP contribution in [0.15, 0.2) is 29.2 Å². The average Bonchev–Trinajstić information content (AvgIpc) is 2.38. The second-order valence-electron chi connectivity index (χ2n) is 4.30. The van der Waals surface area contributed by atoms with Crippen molar-refractivity contribution >= 4 is 21.7 Å². The number of nitrogens with one attached hydrogen (secondary N) is 1. The van der Waals surface area contributed by atoms with Gasteiger partial charge in [0, 0.05) is 6.54 Å². The Bertz CT molecular complexity index is 592. The van der Waals surface area contributed by atoms with E-state index in [1.807, 2.05) is 0 Å². The number of amides is 1. The molecule has 0 fully saturated rings. The highest BCUT2D eigenvalue weighted by atomic mass is 32.2. The summed E-state index contributed by atoms with van der Waals surface area (Å²) in [5.41, 5.74) is 0.502. The fourth-order valence-electron chi connectivity index (χ4n) is 1.63. The number of carbonyl (C=O) groups excluding carboxylic acids is 1. The van der Waals surface area contributed by atoms with Gasteiger partial charge in [-0.15, -0.1) is 0 Å². The first kappa shape index (κ1) is 16.2. The molecule has 7 heteroatoms. The van der Waals surface area contributed by atoms with E-state index in [0.717, 1.165) is 0 Å². The van der Waals surface area contributed by atoms with Gasteiger partial charge in [-0.2, -0.15) is 0 Å². The minimum absolute atomic E-state index is 0.00499. The third kappa shape index (κ3) is 3.80. The number of benzene rings is 1.